The molecule has 1 heterocycles. The number of nitrogens with one attached hydrogen (secondary N) is 2. The van der Waals surface area contributed by atoms with Gasteiger partial charge in [0, 0.05) is 37.9 Å². The Labute approximate surface area is 231 Å². The van der Waals surface area contributed by atoms with Crippen molar-refractivity contribution in [3.05, 3.63) is 114 Å². The van der Waals surface area contributed by atoms with Gasteiger partial charge < -0.3 is 20.3 Å². The molecule has 0 radical (unpaired) electrons. The van der Waals surface area contributed by atoms with Gasteiger partial charge in [-0.1, -0.05) is 56.0 Å². The molecule has 0 aliphatic carbocycles. The van der Waals surface area contributed by atoms with Gasteiger partial charge >= 0.3 is 0 Å². The second kappa shape index (κ2) is 15.4. The van der Waals surface area contributed by atoms with Crippen LogP contribution in [-0.4, -0.2) is 43.7 Å². The highest BCUT2D eigenvalue weighted by Gasteiger charge is 2.17. The summed E-state index contributed by atoms with van der Waals surface area (Å²) in [6.07, 6.45) is 7.13. The molecular formula is C32H39FN4O2. The van der Waals surface area contributed by atoms with Gasteiger partial charge in [0.25, 0.3) is 5.91 Å². The number of halogens is 1. The molecular weight excluding hydrogens is 491 g/mol. The van der Waals surface area contributed by atoms with Crippen molar-refractivity contribution in [2.45, 2.75) is 38.8 Å². The van der Waals surface area contributed by atoms with Crippen LogP contribution >= 0.6 is 0 Å². The number of carbonyl (C=O) groups excluding carboxylic acids is 1. The second-order valence-electron chi connectivity index (χ2n) is 9.45. The summed E-state index contributed by atoms with van der Waals surface area (Å²) in [6, 6.07) is 16.7. The Bertz CT molecular complexity index is 1250. The van der Waals surface area contributed by atoms with Crippen LogP contribution in [0.2, 0.25) is 0 Å². The van der Waals surface area contributed by atoms with Crippen molar-refractivity contribution >= 4 is 11.7 Å². The SMILES string of the molecule is C=CCOc1ccc(C[C@@H](CCNCc2cccc(CC)c2)NC(=O)c2ccnc(N(C)CC=C)c2)cc1F. The monoisotopic (exact) mass is 530 g/mol. The lowest BCUT2D eigenvalue weighted by Crippen LogP contribution is -2.38. The molecule has 206 valence electrons. The van der Waals surface area contributed by atoms with E-state index in [1.807, 2.05) is 18.0 Å². The van der Waals surface area contributed by atoms with E-state index in [0.717, 1.165) is 18.5 Å². The maximum absolute atomic E-state index is 14.6. The lowest BCUT2D eigenvalue weighted by molar-refractivity contribution is 0.0934. The van der Waals surface area contributed by atoms with E-state index in [9.17, 15) is 9.18 Å². The largest absolute Gasteiger partial charge is 0.486 e. The van der Waals surface area contributed by atoms with E-state index in [1.54, 1.807) is 36.5 Å². The van der Waals surface area contributed by atoms with E-state index in [0.29, 0.717) is 37.3 Å². The number of hydrogen-bond donors (Lipinski definition) is 2. The number of anilines is 1. The molecule has 39 heavy (non-hydrogen) atoms. The van der Waals surface area contributed by atoms with Gasteiger partial charge in [-0.3, -0.25) is 4.79 Å². The molecule has 3 rings (SSSR count). The molecule has 0 aliphatic rings. The van der Waals surface area contributed by atoms with E-state index >= 15 is 0 Å². The van der Waals surface area contributed by atoms with Crippen molar-refractivity contribution < 1.29 is 13.9 Å². The van der Waals surface area contributed by atoms with Crippen molar-refractivity contribution in [1.29, 1.82) is 0 Å². The maximum atomic E-state index is 14.6. The molecule has 0 bridgehead atoms. The Morgan fingerprint density at radius 1 is 1.10 bits per heavy atom. The summed E-state index contributed by atoms with van der Waals surface area (Å²) in [4.78, 5) is 19.5. The fraction of sp³-hybridized carbons (Fsp3) is 0.312. The fourth-order valence-electron chi connectivity index (χ4n) is 4.24. The number of nitrogens with zero attached hydrogens (tertiary/aromatic N) is 2. The molecule has 2 aromatic carbocycles. The van der Waals surface area contributed by atoms with E-state index in [-0.39, 0.29) is 24.3 Å². The van der Waals surface area contributed by atoms with Gasteiger partial charge in [-0.2, -0.15) is 0 Å². The molecule has 0 spiro atoms. The van der Waals surface area contributed by atoms with Crippen LogP contribution in [0.5, 0.6) is 5.75 Å². The number of aryl methyl sites for hydroxylation is 1. The zero-order valence-electron chi connectivity index (χ0n) is 23.0. The normalized spacial score (nSPS) is 11.5. The van der Waals surface area contributed by atoms with Crippen LogP contribution in [0, 0.1) is 5.82 Å². The Hall–Kier alpha value is -3.97. The molecule has 0 saturated carbocycles. The van der Waals surface area contributed by atoms with Gasteiger partial charge in [0.1, 0.15) is 12.4 Å². The highest BCUT2D eigenvalue weighted by atomic mass is 19.1. The van der Waals surface area contributed by atoms with Crippen LogP contribution in [0.1, 0.15) is 40.4 Å². The fourth-order valence-corrected chi connectivity index (χ4v) is 4.24. The topological polar surface area (TPSA) is 66.5 Å². The third-order valence-electron chi connectivity index (χ3n) is 6.37. The number of amides is 1. The summed E-state index contributed by atoms with van der Waals surface area (Å²) in [5.74, 6) is 0.241. The average molecular weight is 531 g/mol. The molecule has 0 aliphatic heterocycles. The molecule has 3 aromatic rings. The van der Waals surface area contributed by atoms with Crippen LogP contribution in [-0.2, 0) is 19.4 Å². The Kier molecular flexibility index (Phi) is 11.7. The predicted octanol–water partition coefficient (Wildman–Crippen LogP) is 5.49. The first-order valence-electron chi connectivity index (χ1n) is 13.3. The predicted molar refractivity (Wildman–Crippen MR) is 157 cm³/mol. The molecule has 1 aromatic heterocycles. The summed E-state index contributed by atoms with van der Waals surface area (Å²) in [5, 5.41) is 6.64. The number of likely N-dealkylation sites (N-methyl/N-ethyl adjacent to an activating group) is 1. The minimum Gasteiger partial charge on any atom is -0.486 e. The van der Waals surface area contributed by atoms with Gasteiger partial charge in [-0.15, -0.1) is 6.58 Å². The molecule has 2 N–H and O–H groups in total. The lowest BCUT2D eigenvalue weighted by atomic mass is 10.0. The number of ether oxygens (including phenoxy) is 1. The van der Waals surface area contributed by atoms with E-state index in [4.69, 9.17) is 4.74 Å². The van der Waals surface area contributed by atoms with Crippen LogP contribution in [0.3, 0.4) is 0 Å². The molecule has 1 atom stereocenters. The quantitative estimate of drug-likeness (QED) is 0.189. The highest BCUT2D eigenvalue weighted by Crippen LogP contribution is 2.20. The highest BCUT2D eigenvalue weighted by molar-refractivity contribution is 5.95. The second-order valence-corrected chi connectivity index (χ2v) is 9.45. The van der Waals surface area contributed by atoms with Crippen molar-refractivity contribution in [1.82, 2.24) is 15.6 Å². The van der Waals surface area contributed by atoms with E-state index in [2.05, 4.69) is 60.0 Å². The third kappa shape index (κ3) is 9.37. The van der Waals surface area contributed by atoms with E-state index < -0.39 is 5.82 Å². The van der Waals surface area contributed by atoms with Crippen molar-refractivity contribution in [2.24, 2.45) is 0 Å². The summed E-state index contributed by atoms with van der Waals surface area (Å²) >= 11 is 0. The summed E-state index contributed by atoms with van der Waals surface area (Å²) in [5.41, 5.74) is 3.82. The number of rotatable bonds is 16. The lowest BCUT2D eigenvalue weighted by Gasteiger charge is -2.21. The Morgan fingerprint density at radius 3 is 2.67 bits per heavy atom. The summed E-state index contributed by atoms with van der Waals surface area (Å²) < 4.78 is 20.0. The number of benzene rings is 2. The molecule has 0 unspecified atom stereocenters. The number of carbonyl (C=O) groups is 1. The molecule has 0 fully saturated rings. The number of aromatic nitrogens is 1. The zero-order valence-corrected chi connectivity index (χ0v) is 23.0. The Morgan fingerprint density at radius 2 is 1.92 bits per heavy atom. The minimum atomic E-state index is -0.433. The third-order valence-corrected chi connectivity index (χ3v) is 6.37. The standard InChI is InChI=1S/C32H39FN4O2/c1-5-17-37(4)31-22-27(13-16-35-31)32(38)36-28(14-15-34-23-26-10-8-9-24(7-3)19-26)20-25-11-12-30(29(33)21-25)39-18-6-2/h5-6,8-13,16,19,21-22,28,34H,1-2,7,14-15,17-18,20,23H2,3-4H3,(H,36,38)/t28-/m1/s1. The van der Waals surface area contributed by atoms with Gasteiger partial charge in [-0.05, 0) is 66.8 Å². The Balaban J connectivity index is 1.70. The summed E-state index contributed by atoms with van der Waals surface area (Å²) in [6.45, 7) is 11.8. The van der Waals surface area contributed by atoms with Crippen LogP contribution in [0.25, 0.3) is 0 Å². The minimum absolute atomic E-state index is 0.183. The van der Waals surface area contributed by atoms with E-state index in [1.165, 1.54) is 17.2 Å². The first-order valence-corrected chi connectivity index (χ1v) is 13.3. The van der Waals surface area contributed by atoms with Crippen molar-refractivity contribution in [2.75, 3.05) is 31.6 Å². The number of pyridine rings is 1. The van der Waals surface area contributed by atoms with Crippen molar-refractivity contribution in [3.63, 3.8) is 0 Å². The summed E-state index contributed by atoms with van der Waals surface area (Å²) in [7, 11) is 1.90. The first kappa shape index (κ1) is 29.6. The van der Waals surface area contributed by atoms with Crippen LogP contribution < -0.4 is 20.3 Å². The molecule has 7 heteroatoms. The van der Waals surface area contributed by atoms with Gasteiger partial charge in [0.15, 0.2) is 11.6 Å². The van der Waals surface area contributed by atoms with Crippen molar-refractivity contribution in [3.8, 4) is 5.75 Å². The molecule has 6 nitrogen and oxygen atoms in total. The smallest absolute Gasteiger partial charge is 0.251 e. The number of hydrogen-bond acceptors (Lipinski definition) is 5. The molecule has 1 amide bonds. The first-order chi connectivity index (χ1) is 18.9. The van der Waals surface area contributed by atoms with Crippen LogP contribution in [0.15, 0.2) is 86.1 Å². The van der Waals surface area contributed by atoms with Gasteiger partial charge in [0.2, 0.25) is 0 Å². The average Bonchev–Trinajstić information content (AvgIpc) is 2.95. The van der Waals surface area contributed by atoms with Gasteiger partial charge in [-0.25, -0.2) is 9.37 Å². The van der Waals surface area contributed by atoms with Crippen LogP contribution in [0.4, 0.5) is 10.2 Å². The van der Waals surface area contributed by atoms with Gasteiger partial charge in [0.05, 0.1) is 0 Å². The zero-order chi connectivity index (χ0) is 28.0. The maximum Gasteiger partial charge on any atom is 0.251 e. The molecule has 0 saturated heterocycles.